The van der Waals surface area contributed by atoms with Crippen LogP contribution >= 0.6 is 0 Å². The van der Waals surface area contributed by atoms with Crippen molar-refractivity contribution in [3.8, 4) is 0 Å². The van der Waals surface area contributed by atoms with Crippen LogP contribution in [0.5, 0.6) is 0 Å². The highest BCUT2D eigenvalue weighted by Crippen LogP contribution is 2.36. The van der Waals surface area contributed by atoms with Crippen LogP contribution in [-0.2, 0) is 31.9 Å². The zero-order valence-corrected chi connectivity index (χ0v) is 15.3. The molecule has 2 aliphatic rings. The maximum atomic E-state index is 11.9. The molecular weight excluding hydrogens is 357 g/mol. The lowest BCUT2D eigenvalue weighted by Crippen LogP contribution is -2.23. The fourth-order valence-corrected chi connectivity index (χ4v) is 3.20. The van der Waals surface area contributed by atoms with Crippen LogP contribution in [0.3, 0.4) is 0 Å². The van der Waals surface area contributed by atoms with Gasteiger partial charge in [0.15, 0.2) is 0 Å². The van der Waals surface area contributed by atoms with Crippen LogP contribution < -0.4 is 0 Å². The highest BCUT2D eigenvalue weighted by Gasteiger charge is 2.46. The summed E-state index contributed by atoms with van der Waals surface area (Å²) in [6.07, 6.45) is 4.23. The average Bonchev–Trinajstić information content (AvgIpc) is 2.82. The number of Topliss-reactive ketones (excluding diaryl/α,β-unsaturated/α-hetero) is 1. The van der Waals surface area contributed by atoms with Crippen LogP contribution in [0.1, 0.15) is 37.8 Å². The number of hydrogen-bond donors (Lipinski definition) is 0. The van der Waals surface area contributed by atoms with Gasteiger partial charge in [0.1, 0.15) is 5.78 Å². The van der Waals surface area contributed by atoms with Crippen molar-refractivity contribution in [3.05, 3.63) is 35.4 Å². The Morgan fingerprint density at radius 1 is 1.00 bits per heavy atom. The first-order valence-electron chi connectivity index (χ1n) is 8.13. The van der Waals surface area contributed by atoms with Crippen molar-refractivity contribution >= 4 is 15.9 Å². The van der Waals surface area contributed by atoms with Crippen molar-refractivity contribution in [2.24, 2.45) is 11.8 Å². The number of carbonyl (C=O) groups excluding carboxylic acids is 1. The van der Waals surface area contributed by atoms with Crippen molar-refractivity contribution in [1.29, 1.82) is 0 Å². The van der Waals surface area contributed by atoms with E-state index in [4.69, 9.17) is 0 Å². The van der Waals surface area contributed by atoms with Gasteiger partial charge in [-0.3, -0.25) is 8.98 Å². The minimum absolute atomic E-state index is 0.337. The number of carbonyl (C=O) groups is 1. The molecule has 25 heavy (non-hydrogen) atoms. The first-order chi connectivity index (χ1) is 11.7. The lowest BCUT2D eigenvalue weighted by atomic mass is 9.94. The molecule has 0 N–H and O–H groups in total. The number of alkyl halides is 3. The largest absolute Gasteiger partial charge is 0.523 e. The topological polar surface area (TPSA) is 60.4 Å². The van der Waals surface area contributed by atoms with Gasteiger partial charge >= 0.3 is 15.6 Å². The van der Waals surface area contributed by atoms with Gasteiger partial charge in [0.2, 0.25) is 0 Å². The average molecular weight is 380 g/mol. The molecule has 142 valence electrons. The van der Waals surface area contributed by atoms with Gasteiger partial charge in [-0.1, -0.05) is 38.1 Å². The number of halogens is 3. The van der Waals surface area contributed by atoms with Crippen molar-refractivity contribution in [2.75, 3.05) is 7.11 Å². The number of ketones is 1. The molecule has 4 nitrogen and oxygen atoms in total. The first kappa shape index (κ1) is 21.6. The molecule has 2 bridgehead atoms. The Bertz CT molecular complexity index is 648. The number of benzene rings is 1. The predicted molar refractivity (Wildman–Crippen MR) is 88.4 cm³/mol. The van der Waals surface area contributed by atoms with Gasteiger partial charge in [-0.15, -0.1) is 0 Å². The lowest BCUT2D eigenvalue weighted by molar-refractivity contribution is -0.123. The van der Waals surface area contributed by atoms with Crippen LogP contribution in [0.15, 0.2) is 24.3 Å². The van der Waals surface area contributed by atoms with Crippen molar-refractivity contribution in [1.82, 2.24) is 0 Å². The summed E-state index contributed by atoms with van der Waals surface area (Å²) in [5.74, 6) is 1.20. The van der Waals surface area contributed by atoms with Gasteiger partial charge < -0.3 is 0 Å². The van der Waals surface area contributed by atoms with Gasteiger partial charge in [0.05, 0.1) is 7.11 Å². The third-order valence-electron chi connectivity index (χ3n) is 4.22. The third-order valence-corrected chi connectivity index (χ3v) is 5.23. The molecule has 1 aromatic rings. The van der Waals surface area contributed by atoms with Crippen LogP contribution in [-0.4, -0.2) is 26.8 Å². The second-order valence-electron chi connectivity index (χ2n) is 5.62. The standard InChI is InChI=1S/C13H14O.C2H3F3O3S.C2H6/c14-13-11-5-6-12(13)8-10-4-2-1-3-9(10)7-11;1-8-9(6,7)2(3,4)5;1-2/h1-4,11-12H,5-8H2;1H3;1-2H3. The summed E-state index contributed by atoms with van der Waals surface area (Å²) in [4.78, 5) is 11.9. The van der Waals surface area contributed by atoms with Gasteiger partial charge in [0, 0.05) is 11.8 Å². The molecule has 1 saturated carbocycles. The summed E-state index contributed by atoms with van der Waals surface area (Å²) < 4.78 is 55.9. The van der Waals surface area contributed by atoms with E-state index in [1.807, 2.05) is 13.8 Å². The molecule has 3 rings (SSSR count). The number of fused-ring (bicyclic) bond motifs is 3. The van der Waals surface area contributed by atoms with Gasteiger partial charge in [-0.25, -0.2) is 0 Å². The van der Waals surface area contributed by atoms with Crippen molar-refractivity contribution < 1.29 is 30.6 Å². The molecule has 0 amide bonds. The quantitative estimate of drug-likeness (QED) is 0.548. The fourth-order valence-electron chi connectivity index (χ4n) is 3.01. The molecule has 1 aromatic carbocycles. The Labute approximate surface area is 146 Å². The van der Waals surface area contributed by atoms with Crippen LogP contribution in [0, 0.1) is 11.8 Å². The van der Waals surface area contributed by atoms with E-state index in [0.717, 1.165) is 25.7 Å². The predicted octanol–water partition coefficient (Wildman–Crippen LogP) is 3.89. The molecule has 0 saturated heterocycles. The Hall–Kier alpha value is -1.41. The summed E-state index contributed by atoms with van der Waals surface area (Å²) in [6.45, 7) is 4.00. The maximum Gasteiger partial charge on any atom is 0.523 e. The summed E-state index contributed by atoms with van der Waals surface area (Å²) in [5, 5.41) is 0. The van der Waals surface area contributed by atoms with Gasteiger partial charge in [-0.2, -0.15) is 21.6 Å². The van der Waals surface area contributed by atoms with Gasteiger partial charge in [-0.05, 0) is 36.8 Å². The van der Waals surface area contributed by atoms with Gasteiger partial charge in [0.25, 0.3) is 0 Å². The molecule has 0 radical (unpaired) electrons. The Balaban J connectivity index is 0.000000250. The first-order valence-corrected chi connectivity index (χ1v) is 9.54. The van der Waals surface area contributed by atoms with E-state index in [-0.39, 0.29) is 0 Å². The zero-order chi connectivity index (χ0) is 19.3. The molecule has 0 heterocycles. The second-order valence-corrected chi connectivity index (χ2v) is 7.32. The van der Waals surface area contributed by atoms with E-state index in [2.05, 4.69) is 28.4 Å². The third kappa shape index (κ3) is 5.28. The maximum absolute atomic E-state index is 11.9. The smallest absolute Gasteiger partial charge is 0.299 e. The molecule has 2 unspecified atom stereocenters. The Kier molecular flexibility index (Phi) is 7.62. The molecular formula is C17H23F3O4S. The normalized spacial score (nSPS) is 21.9. The molecule has 0 aromatic heterocycles. The lowest BCUT2D eigenvalue weighted by Gasteiger charge is -2.10. The highest BCUT2D eigenvalue weighted by atomic mass is 32.2. The van der Waals surface area contributed by atoms with E-state index in [0.29, 0.717) is 24.7 Å². The molecule has 2 atom stereocenters. The number of rotatable bonds is 1. The molecule has 0 spiro atoms. The minimum Gasteiger partial charge on any atom is -0.299 e. The van der Waals surface area contributed by atoms with Crippen LogP contribution in [0.2, 0.25) is 0 Å². The summed E-state index contributed by atoms with van der Waals surface area (Å²) in [6, 6.07) is 8.54. The fraction of sp³-hybridized carbons (Fsp3) is 0.588. The minimum atomic E-state index is -5.34. The Morgan fingerprint density at radius 2 is 1.40 bits per heavy atom. The van der Waals surface area contributed by atoms with E-state index in [9.17, 15) is 26.4 Å². The monoisotopic (exact) mass is 380 g/mol. The zero-order valence-electron chi connectivity index (χ0n) is 14.5. The highest BCUT2D eigenvalue weighted by molar-refractivity contribution is 7.87. The van der Waals surface area contributed by atoms with E-state index < -0.39 is 15.6 Å². The second kappa shape index (κ2) is 8.80. The molecule has 1 fully saturated rings. The van der Waals surface area contributed by atoms with E-state index in [1.54, 1.807) is 0 Å². The summed E-state index contributed by atoms with van der Waals surface area (Å²) in [5.41, 5.74) is -2.48. The van der Waals surface area contributed by atoms with Crippen molar-refractivity contribution in [3.63, 3.8) is 0 Å². The van der Waals surface area contributed by atoms with E-state index >= 15 is 0 Å². The van der Waals surface area contributed by atoms with Crippen LogP contribution in [0.25, 0.3) is 0 Å². The number of hydrogen-bond acceptors (Lipinski definition) is 4. The van der Waals surface area contributed by atoms with Crippen molar-refractivity contribution in [2.45, 2.75) is 45.0 Å². The summed E-state index contributed by atoms with van der Waals surface area (Å²) >= 11 is 0. The SMILES string of the molecule is CC.COS(=O)(=O)C(F)(F)F.O=C1C2CCC1Cc1ccccc1C2. The summed E-state index contributed by atoms with van der Waals surface area (Å²) in [7, 11) is -4.89. The molecule has 8 heteroatoms. The van der Waals surface area contributed by atoms with E-state index in [1.165, 1.54) is 11.1 Å². The van der Waals surface area contributed by atoms with Crippen LogP contribution in [0.4, 0.5) is 13.2 Å². The Morgan fingerprint density at radius 3 is 1.68 bits per heavy atom. The molecule has 2 aliphatic carbocycles. The molecule has 0 aliphatic heterocycles.